The van der Waals surface area contributed by atoms with E-state index in [1.54, 1.807) is 0 Å². The molecule has 1 rings (SSSR count). The second-order valence-corrected chi connectivity index (χ2v) is 4.39. The summed E-state index contributed by atoms with van der Waals surface area (Å²) >= 11 is 0. The predicted molar refractivity (Wildman–Crippen MR) is 74.4 cm³/mol. The lowest BCUT2D eigenvalue weighted by Crippen LogP contribution is -2.46. The Morgan fingerprint density at radius 1 is 1.20 bits per heavy atom. The maximum absolute atomic E-state index is 11.5. The molecule has 2 amide bonds. The molecule has 0 aliphatic carbocycles. The number of urea groups is 1. The fourth-order valence-electron chi connectivity index (χ4n) is 1.73. The summed E-state index contributed by atoms with van der Waals surface area (Å²) in [6.45, 7) is 0.178. The van der Waals surface area contributed by atoms with Gasteiger partial charge in [-0.3, -0.25) is 0 Å². The van der Waals surface area contributed by atoms with E-state index >= 15 is 0 Å². The van der Waals surface area contributed by atoms with E-state index in [0.29, 0.717) is 6.54 Å². The van der Waals surface area contributed by atoms with Gasteiger partial charge in [-0.25, -0.2) is 9.59 Å². The second kappa shape index (κ2) is 8.92. The molecule has 0 aromatic heterocycles. The standard InChI is InChI=1S/C14H20N2O4/c17-10-8-12(13(18)19)16-14(20)15-9-4-7-11-5-2-1-3-6-11/h1-3,5-6,12,17H,4,7-10H2,(H,18,19)(H2,15,16,20)/t12-/m0/s1. The normalized spacial score (nSPS) is 11.7. The van der Waals surface area contributed by atoms with E-state index < -0.39 is 18.0 Å². The number of carbonyl (C=O) groups excluding carboxylic acids is 1. The van der Waals surface area contributed by atoms with Crippen molar-refractivity contribution in [2.75, 3.05) is 13.2 Å². The maximum Gasteiger partial charge on any atom is 0.326 e. The molecule has 0 bridgehead atoms. The van der Waals surface area contributed by atoms with E-state index in [0.717, 1.165) is 12.8 Å². The third kappa shape index (κ3) is 6.19. The largest absolute Gasteiger partial charge is 0.480 e. The molecule has 0 saturated heterocycles. The molecule has 0 unspecified atom stereocenters. The molecule has 20 heavy (non-hydrogen) atoms. The third-order valence-corrected chi connectivity index (χ3v) is 2.79. The lowest BCUT2D eigenvalue weighted by Gasteiger charge is -2.13. The minimum Gasteiger partial charge on any atom is -0.480 e. The predicted octanol–water partition coefficient (Wildman–Crippen LogP) is 0.754. The molecule has 0 saturated carbocycles. The number of aliphatic hydroxyl groups excluding tert-OH is 1. The van der Waals surface area contributed by atoms with Crippen molar-refractivity contribution in [3.63, 3.8) is 0 Å². The van der Waals surface area contributed by atoms with E-state index in [2.05, 4.69) is 10.6 Å². The molecule has 0 spiro atoms. The smallest absolute Gasteiger partial charge is 0.326 e. The Hall–Kier alpha value is -2.08. The molecule has 0 aliphatic heterocycles. The number of rotatable bonds is 8. The third-order valence-electron chi connectivity index (χ3n) is 2.79. The molecule has 6 heteroatoms. The Morgan fingerprint density at radius 2 is 1.90 bits per heavy atom. The van der Waals surface area contributed by atoms with Gasteiger partial charge in [-0.15, -0.1) is 0 Å². The van der Waals surface area contributed by atoms with Gasteiger partial charge in [0.1, 0.15) is 6.04 Å². The summed E-state index contributed by atoms with van der Waals surface area (Å²) in [5.74, 6) is -1.15. The van der Waals surface area contributed by atoms with Gasteiger partial charge >= 0.3 is 12.0 Å². The minimum atomic E-state index is -1.15. The number of aryl methyl sites for hydroxylation is 1. The van der Waals surface area contributed by atoms with Crippen molar-refractivity contribution in [3.8, 4) is 0 Å². The zero-order valence-corrected chi connectivity index (χ0v) is 11.2. The van der Waals surface area contributed by atoms with Crippen LogP contribution in [0.3, 0.4) is 0 Å². The summed E-state index contributed by atoms with van der Waals surface area (Å²) in [6, 6.07) is 8.31. The number of hydrogen-bond donors (Lipinski definition) is 4. The Labute approximate surface area is 117 Å². The fourth-order valence-corrected chi connectivity index (χ4v) is 1.73. The summed E-state index contributed by atoms with van der Waals surface area (Å²) in [5, 5.41) is 22.4. The van der Waals surface area contributed by atoms with Crippen molar-refractivity contribution in [3.05, 3.63) is 35.9 Å². The van der Waals surface area contributed by atoms with Crippen LogP contribution in [-0.4, -0.2) is 41.4 Å². The quantitative estimate of drug-likeness (QED) is 0.528. The van der Waals surface area contributed by atoms with Gasteiger partial charge in [0, 0.05) is 19.6 Å². The van der Waals surface area contributed by atoms with Gasteiger partial charge in [0.25, 0.3) is 0 Å². The van der Waals surface area contributed by atoms with Crippen LogP contribution >= 0.6 is 0 Å². The van der Waals surface area contributed by atoms with Crippen LogP contribution in [0.4, 0.5) is 4.79 Å². The molecule has 4 N–H and O–H groups in total. The topological polar surface area (TPSA) is 98.7 Å². The van der Waals surface area contributed by atoms with Crippen molar-refractivity contribution >= 4 is 12.0 Å². The monoisotopic (exact) mass is 280 g/mol. The van der Waals surface area contributed by atoms with E-state index in [1.807, 2.05) is 30.3 Å². The van der Waals surface area contributed by atoms with Crippen molar-refractivity contribution in [2.24, 2.45) is 0 Å². The molecule has 6 nitrogen and oxygen atoms in total. The first-order valence-electron chi connectivity index (χ1n) is 6.55. The molecule has 1 aromatic rings. The molecule has 1 aromatic carbocycles. The number of aliphatic hydroxyl groups is 1. The maximum atomic E-state index is 11.5. The Morgan fingerprint density at radius 3 is 2.50 bits per heavy atom. The highest BCUT2D eigenvalue weighted by molar-refractivity contribution is 5.82. The molecule has 0 heterocycles. The van der Waals surface area contributed by atoms with Gasteiger partial charge in [0.2, 0.25) is 0 Å². The molecule has 0 aliphatic rings. The highest BCUT2D eigenvalue weighted by Gasteiger charge is 2.18. The van der Waals surface area contributed by atoms with E-state index in [1.165, 1.54) is 5.56 Å². The minimum absolute atomic E-state index is 0.00717. The summed E-state index contributed by atoms with van der Waals surface area (Å²) in [5.41, 5.74) is 1.19. The van der Waals surface area contributed by atoms with Crippen LogP contribution in [0.15, 0.2) is 30.3 Å². The van der Waals surface area contributed by atoms with Gasteiger partial charge in [0.05, 0.1) is 0 Å². The van der Waals surface area contributed by atoms with Crippen molar-refractivity contribution in [1.82, 2.24) is 10.6 Å². The first-order valence-corrected chi connectivity index (χ1v) is 6.55. The molecule has 0 radical (unpaired) electrons. The zero-order chi connectivity index (χ0) is 14.8. The number of aliphatic carboxylic acids is 1. The average molecular weight is 280 g/mol. The molecule has 1 atom stereocenters. The fraction of sp³-hybridized carbons (Fsp3) is 0.429. The van der Waals surface area contributed by atoms with Crippen molar-refractivity contribution < 1.29 is 19.8 Å². The van der Waals surface area contributed by atoms with Crippen molar-refractivity contribution in [2.45, 2.75) is 25.3 Å². The number of nitrogens with one attached hydrogen (secondary N) is 2. The Kier molecular flexibility index (Phi) is 7.13. The Bertz CT molecular complexity index is 422. The number of benzene rings is 1. The summed E-state index contributed by atoms with van der Waals surface area (Å²) < 4.78 is 0. The van der Waals surface area contributed by atoms with E-state index in [-0.39, 0.29) is 13.0 Å². The Balaban J connectivity index is 2.21. The summed E-state index contributed by atoms with van der Waals surface area (Å²) in [7, 11) is 0. The molecular formula is C14H20N2O4. The molecule has 0 fully saturated rings. The highest BCUT2D eigenvalue weighted by Crippen LogP contribution is 2.01. The SMILES string of the molecule is O=C(NCCCc1ccccc1)N[C@@H](CCO)C(=O)O. The highest BCUT2D eigenvalue weighted by atomic mass is 16.4. The first-order chi connectivity index (χ1) is 9.63. The van der Waals surface area contributed by atoms with Crippen molar-refractivity contribution in [1.29, 1.82) is 0 Å². The number of carbonyl (C=O) groups is 2. The van der Waals surface area contributed by atoms with Gasteiger partial charge in [0.15, 0.2) is 0 Å². The van der Waals surface area contributed by atoms with Gasteiger partial charge < -0.3 is 20.8 Å². The zero-order valence-electron chi connectivity index (χ0n) is 11.2. The number of amides is 2. The number of carboxylic acid groups (broad SMARTS) is 1. The number of hydrogen-bond acceptors (Lipinski definition) is 3. The lowest BCUT2D eigenvalue weighted by molar-refractivity contribution is -0.139. The second-order valence-electron chi connectivity index (χ2n) is 4.39. The van der Waals surface area contributed by atoms with E-state index in [4.69, 9.17) is 10.2 Å². The van der Waals surface area contributed by atoms with Gasteiger partial charge in [-0.05, 0) is 18.4 Å². The summed E-state index contributed by atoms with van der Waals surface area (Å²) in [4.78, 5) is 22.3. The van der Waals surface area contributed by atoms with Gasteiger partial charge in [-0.2, -0.15) is 0 Å². The van der Waals surface area contributed by atoms with Crippen LogP contribution in [0.1, 0.15) is 18.4 Å². The van der Waals surface area contributed by atoms with E-state index in [9.17, 15) is 9.59 Å². The molecular weight excluding hydrogens is 260 g/mol. The van der Waals surface area contributed by atoms with Crippen LogP contribution in [0.2, 0.25) is 0 Å². The van der Waals surface area contributed by atoms with Gasteiger partial charge in [-0.1, -0.05) is 30.3 Å². The van der Waals surface area contributed by atoms with Crippen LogP contribution in [-0.2, 0) is 11.2 Å². The first kappa shape index (κ1) is 16.0. The van der Waals surface area contributed by atoms with Crippen LogP contribution in [0.25, 0.3) is 0 Å². The van der Waals surface area contributed by atoms with Crippen LogP contribution < -0.4 is 10.6 Å². The lowest BCUT2D eigenvalue weighted by atomic mass is 10.1. The van der Waals surface area contributed by atoms with Crippen LogP contribution in [0, 0.1) is 0 Å². The molecule has 110 valence electrons. The van der Waals surface area contributed by atoms with Crippen LogP contribution in [0.5, 0.6) is 0 Å². The summed E-state index contributed by atoms with van der Waals surface area (Å²) in [6.07, 6.45) is 1.61. The number of carboxylic acids is 1. The average Bonchev–Trinajstić information content (AvgIpc) is 2.44.